The molecule has 0 spiro atoms. The van der Waals surface area contributed by atoms with Crippen LogP contribution in [-0.2, 0) is 4.74 Å². The van der Waals surface area contributed by atoms with Crippen LogP contribution in [0.4, 0.5) is 5.69 Å². The van der Waals surface area contributed by atoms with Crippen LogP contribution >= 0.6 is 0 Å². The highest BCUT2D eigenvalue weighted by Crippen LogP contribution is 2.29. The van der Waals surface area contributed by atoms with Crippen LogP contribution < -0.4 is 10.5 Å². The number of aliphatic hydroxyl groups excluding tert-OH is 1. The molecule has 1 atom stereocenters. The Morgan fingerprint density at radius 1 is 1.57 bits per heavy atom. The van der Waals surface area contributed by atoms with Gasteiger partial charge in [0.1, 0.15) is 0 Å². The fourth-order valence-corrected chi connectivity index (χ4v) is 2.92. The first-order valence-corrected chi connectivity index (χ1v) is 6.99. The molecule has 0 saturated carbocycles. The van der Waals surface area contributed by atoms with Crippen molar-refractivity contribution in [3.05, 3.63) is 34.9 Å². The molecule has 2 aromatic heterocycles. The Balaban J connectivity index is 2.09. The summed E-state index contributed by atoms with van der Waals surface area (Å²) in [6.45, 7) is 5.14. The zero-order chi connectivity index (χ0) is 15.0. The molecular formula is C15H19N3O3. The number of pyridine rings is 2. The van der Waals surface area contributed by atoms with E-state index >= 15 is 0 Å². The lowest BCUT2D eigenvalue weighted by atomic mass is 10.0. The minimum atomic E-state index is -0.381. The Morgan fingerprint density at radius 3 is 3.14 bits per heavy atom. The average molecular weight is 289 g/mol. The van der Waals surface area contributed by atoms with Gasteiger partial charge in [-0.25, -0.2) is 0 Å². The molecule has 21 heavy (non-hydrogen) atoms. The predicted octanol–water partition coefficient (Wildman–Crippen LogP) is 0.899. The van der Waals surface area contributed by atoms with E-state index in [-0.39, 0.29) is 23.9 Å². The van der Waals surface area contributed by atoms with Gasteiger partial charge in [-0.15, -0.1) is 0 Å². The topological polar surface area (TPSA) is 78.5 Å². The molecule has 2 N–H and O–H groups in total. The Hall–Kier alpha value is -1.92. The number of nitrogens with zero attached hydrogens (tertiary/aromatic N) is 2. The Bertz CT molecular complexity index is 711. The number of rotatable bonds is 2. The normalized spacial score (nSPS) is 21.7. The molecule has 6 nitrogen and oxygen atoms in total. The zero-order valence-electron chi connectivity index (χ0n) is 12.2. The number of aromatic nitrogens is 2. The molecule has 3 rings (SSSR count). The number of H-pyrrole nitrogens is 1. The van der Waals surface area contributed by atoms with Crippen molar-refractivity contribution >= 4 is 16.6 Å². The third kappa shape index (κ3) is 2.77. The van der Waals surface area contributed by atoms with E-state index in [1.807, 2.05) is 19.9 Å². The summed E-state index contributed by atoms with van der Waals surface area (Å²) < 4.78 is 5.83. The van der Waals surface area contributed by atoms with Gasteiger partial charge in [0.2, 0.25) is 0 Å². The van der Waals surface area contributed by atoms with E-state index in [1.54, 1.807) is 18.5 Å². The molecule has 6 heteroatoms. The number of hydrogen-bond donors (Lipinski definition) is 2. The highest BCUT2D eigenvalue weighted by Gasteiger charge is 2.33. The van der Waals surface area contributed by atoms with Gasteiger partial charge in [0.05, 0.1) is 35.7 Å². The van der Waals surface area contributed by atoms with E-state index in [0.717, 1.165) is 11.1 Å². The predicted molar refractivity (Wildman–Crippen MR) is 80.6 cm³/mol. The summed E-state index contributed by atoms with van der Waals surface area (Å²) in [6, 6.07) is 3.48. The Labute approximate surface area is 122 Å². The van der Waals surface area contributed by atoms with Crippen LogP contribution in [0, 0.1) is 0 Å². The van der Waals surface area contributed by atoms with Gasteiger partial charge in [-0.05, 0) is 19.9 Å². The van der Waals surface area contributed by atoms with Gasteiger partial charge in [0, 0.05) is 30.7 Å². The second-order valence-corrected chi connectivity index (χ2v) is 6.00. The van der Waals surface area contributed by atoms with E-state index in [1.165, 1.54) is 0 Å². The monoisotopic (exact) mass is 289 g/mol. The second kappa shape index (κ2) is 5.13. The minimum Gasteiger partial charge on any atom is -0.394 e. The molecule has 112 valence electrons. The summed E-state index contributed by atoms with van der Waals surface area (Å²) in [7, 11) is 0. The molecule has 0 radical (unpaired) electrons. The maximum atomic E-state index is 11.9. The molecule has 3 heterocycles. The van der Waals surface area contributed by atoms with Gasteiger partial charge in [-0.3, -0.25) is 9.78 Å². The summed E-state index contributed by atoms with van der Waals surface area (Å²) in [5.41, 5.74) is 1.03. The van der Waals surface area contributed by atoms with Gasteiger partial charge in [-0.1, -0.05) is 0 Å². The molecule has 1 saturated heterocycles. The molecule has 0 aromatic carbocycles. The zero-order valence-corrected chi connectivity index (χ0v) is 12.2. The van der Waals surface area contributed by atoms with Crippen molar-refractivity contribution < 1.29 is 9.84 Å². The lowest BCUT2D eigenvalue weighted by Gasteiger charge is -2.43. The van der Waals surface area contributed by atoms with E-state index in [4.69, 9.17) is 4.74 Å². The summed E-state index contributed by atoms with van der Waals surface area (Å²) >= 11 is 0. The van der Waals surface area contributed by atoms with Crippen LogP contribution in [0.3, 0.4) is 0 Å². The van der Waals surface area contributed by atoms with E-state index in [2.05, 4.69) is 14.9 Å². The molecule has 2 aromatic rings. The molecule has 0 aliphatic carbocycles. The number of hydrogen-bond acceptors (Lipinski definition) is 5. The Kier molecular flexibility index (Phi) is 3.43. The maximum Gasteiger partial charge on any atom is 0.250 e. The van der Waals surface area contributed by atoms with Crippen molar-refractivity contribution in [2.45, 2.75) is 25.6 Å². The van der Waals surface area contributed by atoms with Gasteiger partial charge < -0.3 is 19.7 Å². The molecule has 1 fully saturated rings. The minimum absolute atomic E-state index is 0.0391. The van der Waals surface area contributed by atoms with E-state index in [9.17, 15) is 9.90 Å². The van der Waals surface area contributed by atoms with E-state index < -0.39 is 0 Å². The number of nitrogens with one attached hydrogen (secondary N) is 1. The summed E-state index contributed by atoms with van der Waals surface area (Å²) in [6.07, 6.45) is 3.10. The van der Waals surface area contributed by atoms with Crippen LogP contribution in [0.15, 0.2) is 29.3 Å². The number of anilines is 1. The fourth-order valence-electron chi connectivity index (χ4n) is 2.92. The van der Waals surface area contributed by atoms with Crippen molar-refractivity contribution in [2.75, 3.05) is 24.6 Å². The van der Waals surface area contributed by atoms with Crippen LogP contribution in [-0.4, -0.2) is 46.5 Å². The summed E-state index contributed by atoms with van der Waals surface area (Å²) in [5.74, 6) is 0. The van der Waals surface area contributed by atoms with Crippen LogP contribution in [0.1, 0.15) is 13.8 Å². The smallest absolute Gasteiger partial charge is 0.250 e. The molecule has 0 amide bonds. The molecule has 1 aliphatic rings. The largest absolute Gasteiger partial charge is 0.394 e. The lowest BCUT2D eigenvalue weighted by molar-refractivity contribution is -0.100. The van der Waals surface area contributed by atoms with Gasteiger partial charge >= 0.3 is 0 Å². The number of aromatic amines is 1. The Morgan fingerprint density at radius 2 is 2.38 bits per heavy atom. The quantitative estimate of drug-likeness (QED) is 0.859. The average Bonchev–Trinajstić information content (AvgIpc) is 2.44. The van der Waals surface area contributed by atoms with Gasteiger partial charge in [0.25, 0.3) is 5.56 Å². The van der Waals surface area contributed by atoms with Crippen molar-refractivity contribution in [3.8, 4) is 0 Å². The SMILES string of the molecule is CC1(C)CN(c2cc(=O)[nH]c3cnccc23)CC(CO)O1. The van der Waals surface area contributed by atoms with Crippen molar-refractivity contribution in [2.24, 2.45) is 0 Å². The number of ether oxygens (including phenoxy) is 1. The summed E-state index contributed by atoms with van der Waals surface area (Å²) in [4.78, 5) is 20.8. The molecular weight excluding hydrogens is 270 g/mol. The number of aliphatic hydroxyl groups is 1. The number of morpholine rings is 1. The van der Waals surface area contributed by atoms with Crippen LogP contribution in [0.2, 0.25) is 0 Å². The highest BCUT2D eigenvalue weighted by atomic mass is 16.5. The van der Waals surface area contributed by atoms with Crippen molar-refractivity contribution in [1.82, 2.24) is 9.97 Å². The van der Waals surface area contributed by atoms with Gasteiger partial charge in [-0.2, -0.15) is 0 Å². The lowest BCUT2D eigenvalue weighted by Crippen LogP contribution is -2.54. The van der Waals surface area contributed by atoms with Gasteiger partial charge in [0.15, 0.2) is 0 Å². The first-order valence-electron chi connectivity index (χ1n) is 6.99. The number of fused-ring (bicyclic) bond motifs is 1. The van der Waals surface area contributed by atoms with E-state index in [0.29, 0.717) is 18.6 Å². The maximum absolute atomic E-state index is 11.9. The molecule has 1 aliphatic heterocycles. The standard InChI is InChI=1S/C15H19N3O3/c1-15(2)9-18(7-10(8-19)21-15)13-5-14(20)17-12-6-16-4-3-11(12)13/h3-6,10,19H,7-9H2,1-2H3,(H,17,20). The first-order chi connectivity index (χ1) is 9.98. The first kappa shape index (κ1) is 14.0. The molecule has 1 unspecified atom stereocenters. The third-order valence-electron chi connectivity index (χ3n) is 3.65. The van der Waals surface area contributed by atoms with Crippen molar-refractivity contribution in [1.29, 1.82) is 0 Å². The third-order valence-corrected chi connectivity index (χ3v) is 3.65. The second-order valence-electron chi connectivity index (χ2n) is 6.00. The highest BCUT2D eigenvalue weighted by molar-refractivity contribution is 5.90. The molecule has 0 bridgehead atoms. The van der Waals surface area contributed by atoms with Crippen molar-refractivity contribution in [3.63, 3.8) is 0 Å². The fraction of sp³-hybridized carbons (Fsp3) is 0.467. The summed E-state index contributed by atoms with van der Waals surface area (Å²) in [5, 5.41) is 10.4. The van der Waals surface area contributed by atoms with Crippen LogP contribution in [0.25, 0.3) is 10.9 Å². The van der Waals surface area contributed by atoms with Crippen LogP contribution in [0.5, 0.6) is 0 Å².